The second kappa shape index (κ2) is 4.82. The van der Waals surface area contributed by atoms with Gasteiger partial charge in [-0.05, 0) is 30.2 Å². The van der Waals surface area contributed by atoms with Crippen LogP contribution in [0.2, 0.25) is 0 Å². The summed E-state index contributed by atoms with van der Waals surface area (Å²) < 4.78 is 0. The molecule has 0 radical (unpaired) electrons. The van der Waals surface area contributed by atoms with E-state index in [1.807, 2.05) is 23.1 Å². The Balaban J connectivity index is 1.89. The van der Waals surface area contributed by atoms with E-state index in [0.29, 0.717) is 0 Å². The van der Waals surface area contributed by atoms with E-state index >= 15 is 0 Å². The van der Waals surface area contributed by atoms with Crippen molar-refractivity contribution in [3.05, 3.63) is 22.3 Å². The van der Waals surface area contributed by atoms with Gasteiger partial charge in [-0.2, -0.15) is 16.9 Å². The maximum absolute atomic E-state index is 4.55. The van der Waals surface area contributed by atoms with Crippen LogP contribution in [-0.2, 0) is 18.6 Å². The number of hydrogen-bond donors (Lipinski definition) is 1. The Labute approximate surface area is 109 Å². The first kappa shape index (κ1) is 11.3. The summed E-state index contributed by atoms with van der Waals surface area (Å²) in [6, 6.07) is 2.27. The molecule has 1 N–H and O–H groups in total. The highest BCUT2D eigenvalue weighted by atomic mass is 32.2. The smallest absolute Gasteiger partial charge is 0.191 e. The fraction of sp³-hybridized carbons (Fsp3) is 0.500. The van der Waals surface area contributed by atoms with Gasteiger partial charge in [0, 0.05) is 17.1 Å². The number of rotatable bonds is 3. The van der Waals surface area contributed by atoms with Crippen LogP contribution in [0.5, 0.6) is 0 Å². The fourth-order valence-electron chi connectivity index (χ4n) is 2.01. The van der Waals surface area contributed by atoms with Crippen molar-refractivity contribution in [2.24, 2.45) is 0 Å². The van der Waals surface area contributed by atoms with Crippen LogP contribution in [0.3, 0.4) is 0 Å². The fourth-order valence-corrected chi connectivity index (χ4v) is 4.32. The predicted octanol–water partition coefficient (Wildman–Crippen LogP) is 3.28. The molecule has 0 fully saturated rings. The molecule has 0 spiro atoms. The predicted molar refractivity (Wildman–Crippen MR) is 73.6 cm³/mol. The maximum atomic E-state index is 4.55. The van der Waals surface area contributed by atoms with Crippen LogP contribution >= 0.6 is 23.1 Å². The minimum absolute atomic E-state index is 0.873. The van der Waals surface area contributed by atoms with Crippen molar-refractivity contribution >= 4 is 23.1 Å². The van der Waals surface area contributed by atoms with Gasteiger partial charge in [0.15, 0.2) is 5.82 Å². The highest BCUT2D eigenvalue weighted by Gasteiger charge is 2.16. The molecule has 17 heavy (non-hydrogen) atoms. The van der Waals surface area contributed by atoms with Gasteiger partial charge in [-0.25, -0.2) is 4.98 Å². The van der Waals surface area contributed by atoms with Crippen molar-refractivity contribution in [2.75, 3.05) is 5.75 Å². The third kappa shape index (κ3) is 2.26. The zero-order valence-electron chi connectivity index (χ0n) is 9.82. The number of aryl methyl sites for hydroxylation is 2. The summed E-state index contributed by atoms with van der Waals surface area (Å²) in [5.74, 6) is 4.28. The van der Waals surface area contributed by atoms with Crippen LogP contribution in [0.25, 0.3) is 10.7 Å². The van der Waals surface area contributed by atoms with Crippen LogP contribution < -0.4 is 0 Å². The standard InChI is InChI=1S/C12H15N3S2/c1-2-3-11-13-12(15-14-11)10-6-8-7-16-5-4-9(8)17-10/h6H,2-5,7H2,1H3,(H,13,14,15). The number of aromatic nitrogens is 3. The molecule has 0 saturated carbocycles. The van der Waals surface area contributed by atoms with E-state index in [1.165, 1.54) is 27.5 Å². The molecule has 3 nitrogen and oxygen atoms in total. The normalized spacial score (nSPS) is 14.9. The summed E-state index contributed by atoms with van der Waals surface area (Å²) in [5, 5.41) is 7.34. The summed E-state index contributed by atoms with van der Waals surface area (Å²) in [6.07, 6.45) is 3.29. The molecule has 0 aromatic carbocycles. The lowest BCUT2D eigenvalue weighted by atomic mass is 10.2. The van der Waals surface area contributed by atoms with Crippen molar-refractivity contribution in [1.82, 2.24) is 15.2 Å². The quantitative estimate of drug-likeness (QED) is 0.926. The molecule has 2 aromatic rings. The highest BCUT2D eigenvalue weighted by molar-refractivity contribution is 7.98. The molecule has 3 heterocycles. The number of fused-ring (bicyclic) bond motifs is 1. The Morgan fingerprint density at radius 2 is 2.41 bits per heavy atom. The topological polar surface area (TPSA) is 41.6 Å². The van der Waals surface area contributed by atoms with Crippen molar-refractivity contribution in [2.45, 2.75) is 31.9 Å². The van der Waals surface area contributed by atoms with Crippen molar-refractivity contribution < 1.29 is 0 Å². The summed E-state index contributed by atoms with van der Waals surface area (Å²) in [6.45, 7) is 2.16. The third-order valence-electron chi connectivity index (χ3n) is 2.87. The zero-order valence-corrected chi connectivity index (χ0v) is 11.5. The molecule has 0 unspecified atom stereocenters. The monoisotopic (exact) mass is 265 g/mol. The largest absolute Gasteiger partial charge is 0.263 e. The van der Waals surface area contributed by atoms with Crippen LogP contribution in [0.4, 0.5) is 0 Å². The van der Waals surface area contributed by atoms with E-state index in [-0.39, 0.29) is 0 Å². The minimum Gasteiger partial charge on any atom is -0.263 e. The zero-order chi connectivity index (χ0) is 11.7. The van der Waals surface area contributed by atoms with Gasteiger partial charge in [0.2, 0.25) is 0 Å². The minimum atomic E-state index is 0.873. The lowest BCUT2D eigenvalue weighted by Gasteiger charge is -2.08. The Morgan fingerprint density at radius 3 is 3.24 bits per heavy atom. The van der Waals surface area contributed by atoms with E-state index in [1.54, 1.807) is 0 Å². The molecule has 0 bridgehead atoms. The Morgan fingerprint density at radius 1 is 1.47 bits per heavy atom. The molecule has 0 atom stereocenters. The van der Waals surface area contributed by atoms with Gasteiger partial charge in [-0.1, -0.05) is 6.92 Å². The lowest BCUT2D eigenvalue weighted by molar-refractivity contribution is 0.841. The average molecular weight is 265 g/mol. The van der Waals surface area contributed by atoms with Gasteiger partial charge >= 0.3 is 0 Å². The van der Waals surface area contributed by atoms with Gasteiger partial charge in [0.05, 0.1) is 4.88 Å². The number of aromatic amines is 1. The van der Waals surface area contributed by atoms with E-state index < -0.39 is 0 Å². The third-order valence-corrected chi connectivity index (χ3v) is 5.11. The number of thioether (sulfide) groups is 1. The molecule has 0 amide bonds. The molecule has 5 heteroatoms. The van der Waals surface area contributed by atoms with E-state index in [2.05, 4.69) is 28.2 Å². The maximum Gasteiger partial charge on any atom is 0.191 e. The molecule has 0 saturated heterocycles. The van der Waals surface area contributed by atoms with Crippen LogP contribution in [0.15, 0.2) is 6.07 Å². The summed E-state index contributed by atoms with van der Waals surface area (Å²) in [4.78, 5) is 7.30. The Bertz CT molecular complexity index is 492. The molecular formula is C12H15N3S2. The van der Waals surface area contributed by atoms with Crippen LogP contribution in [0.1, 0.15) is 29.6 Å². The molecule has 2 aromatic heterocycles. The first-order chi connectivity index (χ1) is 8.36. The number of thiophene rings is 1. The molecule has 1 aliphatic heterocycles. The second-order valence-electron chi connectivity index (χ2n) is 4.22. The van der Waals surface area contributed by atoms with Gasteiger partial charge in [0.25, 0.3) is 0 Å². The molecule has 0 aliphatic carbocycles. The highest BCUT2D eigenvalue weighted by Crippen LogP contribution is 2.35. The number of nitrogens with one attached hydrogen (secondary N) is 1. The van der Waals surface area contributed by atoms with Gasteiger partial charge in [-0.15, -0.1) is 11.3 Å². The molecular weight excluding hydrogens is 250 g/mol. The summed E-state index contributed by atoms with van der Waals surface area (Å²) in [7, 11) is 0. The average Bonchev–Trinajstić information content (AvgIpc) is 2.94. The molecule has 1 aliphatic rings. The van der Waals surface area contributed by atoms with Crippen molar-refractivity contribution in [1.29, 1.82) is 0 Å². The summed E-state index contributed by atoms with van der Waals surface area (Å²) >= 11 is 3.88. The Hall–Kier alpha value is -0.810. The number of H-pyrrole nitrogens is 1. The van der Waals surface area contributed by atoms with Gasteiger partial charge in [-0.3, -0.25) is 5.10 Å². The number of hydrogen-bond acceptors (Lipinski definition) is 4. The van der Waals surface area contributed by atoms with Crippen molar-refractivity contribution in [3.63, 3.8) is 0 Å². The Kier molecular flexibility index (Phi) is 3.20. The van der Waals surface area contributed by atoms with Crippen molar-refractivity contribution in [3.8, 4) is 10.7 Å². The van der Waals surface area contributed by atoms with E-state index in [4.69, 9.17) is 0 Å². The van der Waals surface area contributed by atoms with E-state index in [9.17, 15) is 0 Å². The number of nitrogens with zero attached hydrogens (tertiary/aromatic N) is 2. The van der Waals surface area contributed by atoms with Crippen LogP contribution in [-0.4, -0.2) is 20.9 Å². The van der Waals surface area contributed by atoms with Gasteiger partial charge < -0.3 is 0 Å². The SMILES string of the molecule is CCCc1nc(-c2cc3c(s2)CCSC3)n[nH]1. The second-order valence-corrected chi connectivity index (χ2v) is 6.46. The lowest BCUT2D eigenvalue weighted by Crippen LogP contribution is -1.96. The van der Waals surface area contributed by atoms with Gasteiger partial charge in [0.1, 0.15) is 5.82 Å². The molecule has 90 valence electrons. The first-order valence-corrected chi connectivity index (χ1v) is 7.95. The summed E-state index contributed by atoms with van der Waals surface area (Å²) in [5.41, 5.74) is 1.49. The van der Waals surface area contributed by atoms with E-state index in [0.717, 1.165) is 30.2 Å². The molecule has 3 rings (SSSR count). The first-order valence-electron chi connectivity index (χ1n) is 5.98. The van der Waals surface area contributed by atoms with Crippen LogP contribution in [0, 0.1) is 0 Å².